The molecule has 0 spiro atoms. The predicted octanol–water partition coefficient (Wildman–Crippen LogP) is 13.3. The van der Waals surface area contributed by atoms with E-state index < -0.39 is 11.7 Å². The molecule has 8 heteroatoms. The molecule has 0 saturated heterocycles. The zero-order chi connectivity index (χ0) is 37.3. The summed E-state index contributed by atoms with van der Waals surface area (Å²) in [5.74, 6) is 1.47. The lowest BCUT2D eigenvalue weighted by Gasteiger charge is -2.16. The first kappa shape index (κ1) is 33.0. The molecule has 4 nitrogen and oxygen atoms in total. The van der Waals surface area contributed by atoms with Crippen molar-refractivity contribution in [3.8, 4) is 51.0 Å². The van der Waals surface area contributed by atoms with Crippen LogP contribution in [0.15, 0.2) is 158 Å². The van der Waals surface area contributed by atoms with Crippen LogP contribution in [0, 0.1) is 6.92 Å². The molecule has 0 atom stereocenters. The Hall–Kier alpha value is -6.64. The van der Waals surface area contributed by atoms with E-state index in [1.807, 2.05) is 96.4 Å². The highest BCUT2D eigenvalue weighted by molar-refractivity contribution is 7.25. The molecule has 10 aromatic rings. The molecule has 264 valence electrons. The van der Waals surface area contributed by atoms with Crippen LogP contribution in [0.5, 0.6) is 0 Å². The summed E-state index contributed by atoms with van der Waals surface area (Å²) in [5, 5.41) is 3.69. The van der Waals surface area contributed by atoms with Gasteiger partial charge in [0.1, 0.15) is 0 Å². The maximum absolute atomic E-state index is 14.1. The van der Waals surface area contributed by atoms with Crippen LogP contribution in [0.25, 0.3) is 93.0 Å². The molecule has 0 radical (unpaired) electrons. The predicted molar refractivity (Wildman–Crippen MR) is 219 cm³/mol. The van der Waals surface area contributed by atoms with Gasteiger partial charge in [-0.1, -0.05) is 109 Å². The number of benzene rings is 7. The quantitative estimate of drug-likeness (QED) is 0.177. The number of halogens is 3. The van der Waals surface area contributed by atoms with Gasteiger partial charge in [-0.25, -0.2) is 15.0 Å². The third-order valence-electron chi connectivity index (χ3n) is 10.1. The topological polar surface area (TPSA) is 43.6 Å². The van der Waals surface area contributed by atoms with Gasteiger partial charge in [0.25, 0.3) is 0 Å². The molecule has 10 rings (SSSR count). The summed E-state index contributed by atoms with van der Waals surface area (Å²) in [6.45, 7) is 1.95. The van der Waals surface area contributed by atoms with Gasteiger partial charge in [0.05, 0.1) is 22.3 Å². The Bertz CT molecular complexity index is 3040. The first-order valence-electron chi connectivity index (χ1n) is 17.8. The molecule has 0 unspecified atom stereocenters. The summed E-state index contributed by atoms with van der Waals surface area (Å²) in [6, 6.07) is 50.6. The first-order valence-corrected chi connectivity index (χ1v) is 18.7. The van der Waals surface area contributed by atoms with Gasteiger partial charge in [0.15, 0.2) is 17.5 Å². The number of aromatic nitrogens is 4. The molecule has 7 aromatic carbocycles. The maximum Gasteiger partial charge on any atom is 0.416 e. The molecule has 0 aliphatic heterocycles. The highest BCUT2D eigenvalue weighted by Crippen LogP contribution is 2.42. The average Bonchev–Trinajstić information content (AvgIpc) is 3.75. The van der Waals surface area contributed by atoms with Crippen molar-refractivity contribution in [3.05, 3.63) is 169 Å². The Balaban J connectivity index is 1.27. The third kappa shape index (κ3) is 5.73. The number of alkyl halides is 3. The Labute approximate surface area is 317 Å². The van der Waals surface area contributed by atoms with E-state index in [0.717, 1.165) is 50.5 Å². The minimum Gasteiger partial charge on any atom is -0.309 e. The Morgan fingerprint density at radius 3 is 1.76 bits per heavy atom. The van der Waals surface area contributed by atoms with Crippen molar-refractivity contribution in [2.24, 2.45) is 0 Å². The summed E-state index contributed by atoms with van der Waals surface area (Å²) in [6.07, 6.45) is -4.48. The van der Waals surface area contributed by atoms with Crippen LogP contribution in [0.4, 0.5) is 13.2 Å². The van der Waals surface area contributed by atoms with Gasteiger partial charge in [-0.2, -0.15) is 13.2 Å². The number of fused-ring (bicyclic) bond motifs is 6. The summed E-state index contributed by atoms with van der Waals surface area (Å²) in [7, 11) is 0. The summed E-state index contributed by atoms with van der Waals surface area (Å²) < 4.78 is 46.7. The van der Waals surface area contributed by atoms with Gasteiger partial charge in [0.2, 0.25) is 0 Å². The Kier molecular flexibility index (Phi) is 7.64. The van der Waals surface area contributed by atoms with Gasteiger partial charge in [0, 0.05) is 47.6 Å². The van der Waals surface area contributed by atoms with Crippen LogP contribution in [0.3, 0.4) is 0 Å². The van der Waals surface area contributed by atoms with Gasteiger partial charge in [-0.15, -0.1) is 11.3 Å². The van der Waals surface area contributed by atoms with E-state index in [1.165, 1.54) is 26.2 Å². The number of rotatable bonds is 5. The third-order valence-corrected chi connectivity index (χ3v) is 11.3. The molecule has 0 bridgehead atoms. The van der Waals surface area contributed by atoms with E-state index in [-0.39, 0.29) is 0 Å². The number of aryl methyl sites for hydroxylation is 1. The van der Waals surface area contributed by atoms with E-state index in [1.54, 1.807) is 17.4 Å². The highest BCUT2D eigenvalue weighted by atomic mass is 32.1. The van der Waals surface area contributed by atoms with Crippen molar-refractivity contribution in [1.29, 1.82) is 0 Å². The normalized spacial score (nSPS) is 12.0. The van der Waals surface area contributed by atoms with Crippen LogP contribution in [0.2, 0.25) is 0 Å². The molecule has 55 heavy (non-hydrogen) atoms. The van der Waals surface area contributed by atoms with E-state index in [2.05, 4.69) is 54.6 Å². The van der Waals surface area contributed by atoms with Gasteiger partial charge in [-0.3, -0.25) is 0 Å². The van der Waals surface area contributed by atoms with Gasteiger partial charge < -0.3 is 4.57 Å². The standard InChI is InChI=1S/C47H29F3N4S/c1-28-16-21-39-36(24-28)37-27-33(47(48,49)50)19-23-40(37)54(39)41-22-18-31(32-17-20-35-34-14-8-9-15-42(34)55-43(35)26-32)25-38(41)46-52-44(29-10-4-2-5-11-29)51-45(53-46)30-12-6-3-7-13-30/h2-27H,1H3. The summed E-state index contributed by atoms with van der Waals surface area (Å²) >= 11 is 1.76. The molecule has 3 aromatic heterocycles. The van der Waals surface area contributed by atoms with Gasteiger partial charge in [-0.05, 0) is 72.6 Å². The molecule has 3 heterocycles. The average molecular weight is 739 g/mol. The minimum absolute atomic E-state index is 0.446. The van der Waals surface area contributed by atoms with Crippen LogP contribution < -0.4 is 0 Å². The minimum atomic E-state index is -4.48. The fourth-order valence-electron chi connectivity index (χ4n) is 7.50. The second-order valence-corrected chi connectivity index (χ2v) is 14.7. The number of nitrogens with zero attached hydrogens (tertiary/aromatic N) is 4. The van der Waals surface area contributed by atoms with Crippen molar-refractivity contribution in [2.75, 3.05) is 0 Å². The summed E-state index contributed by atoms with van der Waals surface area (Å²) in [4.78, 5) is 15.2. The monoisotopic (exact) mass is 738 g/mol. The fraction of sp³-hybridized carbons (Fsp3) is 0.0426. The lowest BCUT2D eigenvalue weighted by molar-refractivity contribution is -0.137. The SMILES string of the molecule is Cc1ccc2c(c1)c1cc(C(F)(F)F)ccc1n2-c1ccc(-c2ccc3c(c2)sc2ccccc23)cc1-c1nc(-c2ccccc2)nc(-c2ccccc2)n1. The summed E-state index contributed by atoms with van der Waals surface area (Å²) in [5.41, 5.74) is 6.79. The zero-order valence-corrected chi connectivity index (χ0v) is 30.2. The lowest BCUT2D eigenvalue weighted by atomic mass is 9.99. The number of hydrogen-bond acceptors (Lipinski definition) is 4. The van der Waals surface area contributed by atoms with E-state index in [0.29, 0.717) is 33.9 Å². The molecular weight excluding hydrogens is 710 g/mol. The van der Waals surface area contributed by atoms with Crippen LogP contribution in [-0.2, 0) is 6.18 Å². The zero-order valence-electron chi connectivity index (χ0n) is 29.3. The van der Waals surface area contributed by atoms with Crippen molar-refractivity contribution in [3.63, 3.8) is 0 Å². The smallest absolute Gasteiger partial charge is 0.309 e. The van der Waals surface area contributed by atoms with E-state index >= 15 is 0 Å². The van der Waals surface area contributed by atoms with Gasteiger partial charge >= 0.3 is 6.18 Å². The van der Waals surface area contributed by atoms with Crippen LogP contribution >= 0.6 is 11.3 Å². The maximum atomic E-state index is 14.1. The second kappa shape index (κ2) is 12.7. The first-order chi connectivity index (χ1) is 26.8. The molecule has 0 amide bonds. The van der Waals surface area contributed by atoms with Crippen molar-refractivity contribution in [1.82, 2.24) is 19.5 Å². The van der Waals surface area contributed by atoms with Crippen LogP contribution in [-0.4, -0.2) is 19.5 Å². The fourth-order valence-corrected chi connectivity index (χ4v) is 8.64. The van der Waals surface area contributed by atoms with Crippen molar-refractivity contribution >= 4 is 53.3 Å². The van der Waals surface area contributed by atoms with Crippen molar-refractivity contribution in [2.45, 2.75) is 13.1 Å². The highest BCUT2D eigenvalue weighted by Gasteiger charge is 2.31. The van der Waals surface area contributed by atoms with E-state index in [4.69, 9.17) is 15.0 Å². The number of thiophene rings is 1. The molecular formula is C47H29F3N4S. The number of hydrogen-bond donors (Lipinski definition) is 0. The van der Waals surface area contributed by atoms with Crippen molar-refractivity contribution < 1.29 is 13.2 Å². The molecule has 0 aliphatic rings. The molecule has 0 aliphatic carbocycles. The van der Waals surface area contributed by atoms with Crippen LogP contribution in [0.1, 0.15) is 11.1 Å². The van der Waals surface area contributed by atoms with E-state index in [9.17, 15) is 13.2 Å². The largest absolute Gasteiger partial charge is 0.416 e. The lowest BCUT2D eigenvalue weighted by Crippen LogP contribution is -2.05. The Morgan fingerprint density at radius 1 is 0.473 bits per heavy atom. The Morgan fingerprint density at radius 2 is 1.05 bits per heavy atom. The second-order valence-electron chi connectivity index (χ2n) is 13.7. The molecule has 0 N–H and O–H groups in total. The molecule has 0 fully saturated rings. The molecule has 0 saturated carbocycles.